The van der Waals surface area contributed by atoms with Gasteiger partial charge in [0.15, 0.2) is 5.16 Å². The molecule has 3 aromatic rings. The van der Waals surface area contributed by atoms with Crippen molar-refractivity contribution in [3.05, 3.63) is 66.4 Å². The van der Waals surface area contributed by atoms with Crippen LogP contribution in [0, 0.1) is 0 Å². The summed E-state index contributed by atoms with van der Waals surface area (Å²) in [5, 5.41) is 3.41. The lowest BCUT2D eigenvalue weighted by Gasteiger charge is -2.09. The minimum atomic E-state index is -0.459. The predicted octanol–water partition coefficient (Wildman–Crippen LogP) is 3.98. The second kappa shape index (κ2) is 9.05. The number of hydrogen-bond acceptors (Lipinski definition) is 5. The molecule has 0 spiro atoms. The minimum Gasteiger partial charge on any atom is -0.462 e. The highest BCUT2D eigenvalue weighted by molar-refractivity contribution is 7.99. The van der Waals surface area contributed by atoms with Gasteiger partial charge in [-0.1, -0.05) is 54.2 Å². The SMILES string of the molecule is CCOC(=O)c1ccccc1NC(=O)CSc1ncc(-c2ccccc2)[nH]1. The van der Waals surface area contributed by atoms with Gasteiger partial charge < -0.3 is 15.0 Å². The molecule has 6 nitrogen and oxygen atoms in total. The molecule has 0 saturated heterocycles. The Morgan fingerprint density at radius 2 is 1.85 bits per heavy atom. The Bertz CT molecular complexity index is 925. The quantitative estimate of drug-likeness (QED) is 0.478. The highest BCUT2D eigenvalue weighted by atomic mass is 32.2. The molecule has 0 saturated carbocycles. The Morgan fingerprint density at radius 3 is 2.63 bits per heavy atom. The van der Waals surface area contributed by atoms with E-state index in [0.29, 0.717) is 16.4 Å². The number of anilines is 1. The number of ether oxygens (including phenoxy) is 1. The molecule has 1 aromatic heterocycles. The van der Waals surface area contributed by atoms with E-state index in [1.807, 2.05) is 30.3 Å². The highest BCUT2D eigenvalue weighted by Crippen LogP contribution is 2.22. The smallest absolute Gasteiger partial charge is 0.340 e. The first kappa shape index (κ1) is 18.7. The number of hydrogen-bond donors (Lipinski definition) is 2. The van der Waals surface area contributed by atoms with Gasteiger partial charge in [0.05, 0.1) is 35.5 Å². The fraction of sp³-hybridized carbons (Fsp3) is 0.150. The van der Waals surface area contributed by atoms with Crippen LogP contribution in [0.5, 0.6) is 0 Å². The molecular formula is C20H19N3O3S. The normalized spacial score (nSPS) is 10.4. The van der Waals surface area contributed by atoms with Crippen LogP contribution in [-0.4, -0.2) is 34.2 Å². The van der Waals surface area contributed by atoms with Crippen LogP contribution in [0.3, 0.4) is 0 Å². The number of esters is 1. The number of nitrogens with zero attached hydrogens (tertiary/aromatic N) is 1. The Hall–Kier alpha value is -3.06. The molecule has 0 radical (unpaired) electrons. The molecule has 138 valence electrons. The van der Waals surface area contributed by atoms with Crippen molar-refractivity contribution in [2.75, 3.05) is 17.7 Å². The van der Waals surface area contributed by atoms with Crippen LogP contribution in [0.4, 0.5) is 5.69 Å². The van der Waals surface area contributed by atoms with Crippen LogP contribution < -0.4 is 5.32 Å². The molecule has 27 heavy (non-hydrogen) atoms. The lowest BCUT2D eigenvalue weighted by atomic mass is 10.2. The summed E-state index contributed by atoms with van der Waals surface area (Å²) in [6, 6.07) is 16.6. The van der Waals surface area contributed by atoms with Gasteiger partial charge in [-0.05, 0) is 24.6 Å². The molecule has 0 aliphatic heterocycles. The standard InChI is InChI=1S/C20H19N3O3S/c1-2-26-19(25)15-10-6-7-11-16(15)22-18(24)13-27-20-21-12-17(23-20)14-8-4-3-5-9-14/h3-12H,2,13H2,1H3,(H,21,23)(H,22,24). The second-order valence-electron chi connectivity index (χ2n) is 5.57. The third-order valence-electron chi connectivity index (χ3n) is 3.67. The van der Waals surface area contributed by atoms with Gasteiger partial charge in [-0.2, -0.15) is 0 Å². The maximum absolute atomic E-state index is 12.3. The molecule has 0 fully saturated rings. The van der Waals surface area contributed by atoms with E-state index in [0.717, 1.165) is 11.3 Å². The summed E-state index contributed by atoms with van der Waals surface area (Å²) in [6.07, 6.45) is 1.74. The van der Waals surface area contributed by atoms with Crippen LogP contribution in [0.2, 0.25) is 0 Å². The monoisotopic (exact) mass is 381 g/mol. The van der Waals surface area contributed by atoms with E-state index in [1.54, 1.807) is 37.4 Å². The van der Waals surface area contributed by atoms with Crippen molar-refractivity contribution >= 4 is 29.3 Å². The van der Waals surface area contributed by atoms with Gasteiger partial charge in [0, 0.05) is 0 Å². The predicted molar refractivity (Wildman–Crippen MR) is 106 cm³/mol. The maximum atomic E-state index is 12.3. The van der Waals surface area contributed by atoms with Gasteiger partial charge in [0.1, 0.15) is 0 Å². The Kier molecular flexibility index (Phi) is 6.27. The lowest BCUT2D eigenvalue weighted by molar-refractivity contribution is -0.113. The van der Waals surface area contributed by atoms with E-state index < -0.39 is 5.97 Å². The van der Waals surface area contributed by atoms with E-state index in [9.17, 15) is 9.59 Å². The van der Waals surface area contributed by atoms with Gasteiger partial charge in [0.2, 0.25) is 5.91 Å². The van der Waals surface area contributed by atoms with Crippen LogP contribution >= 0.6 is 11.8 Å². The second-order valence-corrected chi connectivity index (χ2v) is 6.54. The van der Waals surface area contributed by atoms with Crippen LogP contribution in [0.25, 0.3) is 11.3 Å². The highest BCUT2D eigenvalue weighted by Gasteiger charge is 2.14. The van der Waals surface area contributed by atoms with Crippen LogP contribution in [-0.2, 0) is 9.53 Å². The van der Waals surface area contributed by atoms with Crippen molar-refractivity contribution in [2.45, 2.75) is 12.1 Å². The van der Waals surface area contributed by atoms with Gasteiger partial charge in [0.25, 0.3) is 0 Å². The van der Waals surface area contributed by atoms with E-state index in [1.165, 1.54) is 11.8 Å². The molecule has 2 aromatic carbocycles. The lowest BCUT2D eigenvalue weighted by Crippen LogP contribution is -2.17. The number of aromatic nitrogens is 2. The molecule has 1 amide bonds. The van der Waals surface area contributed by atoms with E-state index in [4.69, 9.17) is 4.74 Å². The molecule has 1 heterocycles. The summed E-state index contributed by atoms with van der Waals surface area (Å²) >= 11 is 1.29. The van der Waals surface area contributed by atoms with E-state index in [-0.39, 0.29) is 18.3 Å². The third kappa shape index (κ3) is 4.98. The molecule has 2 N–H and O–H groups in total. The minimum absolute atomic E-state index is 0.166. The zero-order valence-corrected chi connectivity index (χ0v) is 15.6. The Labute approximate surface area is 161 Å². The summed E-state index contributed by atoms with van der Waals surface area (Å²) in [5.74, 6) is -0.521. The first-order valence-electron chi connectivity index (χ1n) is 8.46. The zero-order valence-electron chi connectivity index (χ0n) is 14.8. The summed E-state index contributed by atoms with van der Waals surface area (Å²) in [6.45, 7) is 2.02. The average Bonchev–Trinajstić information content (AvgIpc) is 3.17. The molecule has 0 aliphatic carbocycles. The van der Waals surface area contributed by atoms with Crippen molar-refractivity contribution in [1.29, 1.82) is 0 Å². The van der Waals surface area contributed by atoms with Crippen molar-refractivity contribution < 1.29 is 14.3 Å². The van der Waals surface area contributed by atoms with Crippen molar-refractivity contribution in [1.82, 2.24) is 9.97 Å². The molecule has 0 aliphatic rings. The average molecular weight is 381 g/mol. The Morgan fingerprint density at radius 1 is 1.11 bits per heavy atom. The first-order valence-corrected chi connectivity index (χ1v) is 9.45. The summed E-state index contributed by atoms with van der Waals surface area (Å²) < 4.78 is 5.01. The topological polar surface area (TPSA) is 84.1 Å². The third-order valence-corrected chi connectivity index (χ3v) is 4.56. The van der Waals surface area contributed by atoms with Crippen LogP contribution in [0.15, 0.2) is 66.0 Å². The zero-order chi connectivity index (χ0) is 19.1. The number of aromatic amines is 1. The van der Waals surface area contributed by atoms with Crippen molar-refractivity contribution in [3.63, 3.8) is 0 Å². The summed E-state index contributed by atoms with van der Waals surface area (Å²) in [5.41, 5.74) is 2.70. The molecule has 3 rings (SSSR count). The fourth-order valence-electron chi connectivity index (χ4n) is 2.44. The van der Waals surface area contributed by atoms with Gasteiger partial charge in [-0.25, -0.2) is 9.78 Å². The number of carbonyl (C=O) groups excluding carboxylic acids is 2. The number of imidazole rings is 1. The van der Waals surface area contributed by atoms with Crippen molar-refractivity contribution in [3.8, 4) is 11.3 Å². The number of nitrogens with one attached hydrogen (secondary N) is 2. The molecule has 0 unspecified atom stereocenters. The van der Waals surface area contributed by atoms with Crippen molar-refractivity contribution in [2.24, 2.45) is 0 Å². The van der Waals surface area contributed by atoms with E-state index >= 15 is 0 Å². The largest absolute Gasteiger partial charge is 0.462 e. The van der Waals surface area contributed by atoms with Gasteiger partial charge >= 0.3 is 5.97 Å². The molecule has 0 bridgehead atoms. The molecular weight excluding hydrogens is 362 g/mol. The summed E-state index contributed by atoms with van der Waals surface area (Å²) in [4.78, 5) is 31.7. The molecule has 0 atom stereocenters. The number of benzene rings is 2. The number of carbonyl (C=O) groups is 2. The van der Waals surface area contributed by atoms with E-state index in [2.05, 4.69) is 15.3 Å². The number of thioether (sulfide) groups is 1. The van der Waals surface area contributed by atoms with Crippen LogP contribution in [0.1, 0.15) is 17.3 Å². The fourth-order valence-corrected chi connectivity index (χ4v) is 3.09. The molecule has 7 heteroatoms. The number of rotatable bonds is 7. The maximum Gasteiger partial charge on any atom is 0.340 e. The number of H-pyrrole nitrogens is 1. The van der Waals surface area contributed by atoms with Gasteiger partial charge in [-0.3, -0.25) is 4.79 Å². The summed E-state index contributed by atoms with van der Waals surface area (Å²) in [7, 11) is 0. The number of para-hydroxylation sites is 1. The number of amides is 1. The first-order chi connectivity index (χ1) is 13.2. The van der Waals surface area contributed by atoms with Gasteiger partial charge in [-0.15, -0.1) is 0 Å². The Balaban J connectivity index is 1.60.